The predicted molar refractivity (Wildman–Crippen MR) is 63.3 cm³/mol. The van der Waals surface area contributed by atoms with E-state index >= 15 is 0 Å². The summed E-state index contributed by atoms with van der Waals surface area (Å²) in [5.74, 6) is 4.77. The van der Waals surface area contributed by atoms with Crippen molar-refractivity contribution in [1.29, 1.82) is 0 Å². The molecule has 0 bridgehead atoms. The van der Waals surface area contributed by atoms with Gasteiger partial charge in [0.2, 0.25) is 0 Å². The molecule has 0 aromatic rings. The molecule has 4 atom stereocenters. The molecule has 1 rings (SSSR count). The van der Waals surface area contributed by atoms with Gasteiger partial charge in [-0.15, -0.1) is 0 Å². The largest absolute Gasteiger partial charge is 0.179 e. The van der Waals surface area contributed by atoms with E-state index < -0.39 is 0 Å². The topological polar surface area (TPSA) is 0 Å². The summed E-state index contributed by atoms with van der Waals surface area (Å²) < 4.78 is 0. The normalized spacial score (nSPS) is 33.2. The van der Waals surface area contributed by atoms with Gasteiger partial charge in [0.15, 0.2) is 0 Å². The molecule has 4 unspecified atom stereocenters. The molecule has 1 saturated carbocycles. The van der Waals surface area contributed by atoms with Crippen LogP contribution >= 0.6 is 12.6 Å². The second-order valence-electron chi connectivity index (χ2n) is 4.80. The van der Waals surface area contributed by atoms with Crippen LogP contribution in [0.1, 0.15) is 46.5 Å². The van der Waals surface area contributed by atoms with E-state index in [0.717, 1.165) is 29.4 Å². The monoisotopic (exact) mass is 200 g/mol. The molecule has 0 amide bonds. The first-order chi connectivity index (χ1) is 6.20. The molecule has 78 valence electrons. The van der Waals surface area contributed by atoms with Gasteiger partial charge in [-0.1, -0.05) is 33.6 Å². The quantitative estimate of drug-likeness (QED) is 0.651. The summed E-state index contributed by atoms with van der Waals surface area (Å²) in [6.07, 6.45) is 5.73. The van der Waals surface area contributed by atoms with Gasteiger partial charge < -0.3 is 0 Å². The summed E-state index contributed by atoms with van der Waals surface area (Å²) in [7, 11) is 0. The fourth-order valence-corrected chi connectivity index (χ4v) is 3.14. The molecule has 13 heavy (non-hydrogen) atoms. The van der Waals surface area contributed by atoms with Crippen LogP contribution in [0, 0.1) is 23.7 Å². The summed E-state index contributed by atoms with van der Waals surface area (Å²) >= 11 is 4.43. The molecule has 1 aliphatic rings. The third kappa shape index (κ3) is 2.65. The van der Waals surface area contributed by atoms with Crippen molar-refractivity contribution in [1.82, 2.24) is 0 Å². The third-order valence-corrected chi connectivity index (χ3v) is 4.59. The Morgan fingerprint density at radius 2 is 1.69 bits per heavy atom. The molecule has 0 nitrogen and oxygen atoms in total. The minimum absolute atomic E-state index is 0.824. The Balaban J connectivity index is 2.52. The molecule has 1 fully saturated rings. The molecule has 0 saturated heterocycles. The van der Waals surface area contributed by atoms with Crippen molar-refractivity contribution in [2.24, 2.45) is 23.7 Å². The van der Waals surface area contributed by atoms with Crippen molar-refractivity contribution < 1.29 is 0 Å². The van der Waals surface area contributed by atoms with Gasteiger partial charge in [0.1, 0.15) is 0 Å². The second-order valence-corrected chi connectivity index (χ2v) is 5.17. The van der Waals surface area contributed by atoms with Crippen LogP contribution in [0.3, 0.4) is 0 Å². The van der Waals surface area contributed by atoms with Crippen molar-refractivity contribution in [3.05, 3.63) is 0 Å². The Morgan fingerprint density at radius 3 is 2.15 bits per heavy atom. The fraction of sp³-hybridized carbons (Fsp3) is 1.00. The Kier molecular flexibility index (Phi) is 4.64. The Hall–Kier alpha value is 0.350. The molecular formula is C12H24S. The van der Waals surface area contributed by atoms with Gasteiger partial charge in [-0.3, -0.25) is 0 Å². The van der Waals surface area contributed by atoms with Gasteiger partial charge in [0.05, 0.1) is 0 Å². The lowest BCUT2D eigenvalue weighted by Crippen LogP contribution is -2.22. The molecule has 0 heterocycles. The van der Waals surface area contributed by atoms with Crippen molar-refractivity contribution in [2.75, 3.05) is 5.75 Å². The van der Waals surface area contributed by atoms with E-state index in [-0.39, 0.29) is 0 Å². The fourth-order valence-electron chi connectivity index (χ4n) is 2.87. The first kappa shape index (κ1) is 11.4. The average Bonchev–Trinajstić information content (AvgIpc) is 2.63. The van der Waals surface area contributed by atoms with Crippen molar-refractivity contribution in [2.45, 2.75) is 46.5 Å². The lowest BCUT2D eigenvalue weighted by molar-refractivity contribution is 0.221. The zero-order valence-electron chi connectivity index (χ0n) is 9.29. The molecule has 1 heteroatoms. The Labute approximate surface area is 88.9 Å². The van der Waals surface area contributed by atoms with Crippen LogP contribution < -0.4 is 0 Å². The predicted octanol–water partition coefficient (Wildman–Crippen LogP) is 4.01. The second kappa shape index (κ2) is 5.29. The van der Waals surface area contributed by atoms with E-state index in [2.05, 4.69) is 33.4 Å². The molecule has 0 N–H and O–H groups in total. The van der Waals surface area contributed by atoms with Crippen LogP contribution in [-0.4, -0.2) is 5.75 Å². The van der Waals surface area contributed by atoms with Crippen LogP contribution in [0.4, 0.5) is 0 Å². The van der Waals surface area contributed by atoms with Gasteiger partial charge >= 0.3 is 0 Å². The highest BCUT2D eigenvalue weighted by molar-refractivity contribution is 7.80. The molecule has 0 aliphatic heterocycles. The maximum atomic E-state index is 4.43. The summed E-state index contributed by atoms with van der Waals surface area (Å²) in [6.45, 7) is 7.12. The first-order valence-corrected chi connectivity index (χ1v) is 6.44. The van der Waals surface area contributed by atoms with Gasteiger partial charge in [0, 0.05) is 0 Å². The van der Waals surface area contributed by atoms with E-state index in [1.807, 2.05) is 0 Å². The van der Waals surface area contributed by atoms with Gasteiger partial charge in [-0.25, -0.2) is 0 Å². The van der Waals surface area contributed by atoms with Crippen molar-refractivity contribution in [3.63, 3.8) is 0 Å². The number of rotatable bonds is 4. The van der Waals surface area contributed by atoms with E-state index in [4.69, 9.17) is 0 Å². The van der Waals surface area contributed by atoms with E-state index in [1.165, 1.54) is 25.7 Å². The van der Waals surface area contributed by atoms with Crippen LogP contribution in [0.25, 0.3) is 0 Å². The van der Waals surface area contributed by atoms with E-state index in [1.54, 1.807) is 0 Å². The maximum absolute atomic E-state index is 4.43. The van der Waals surface area contributed by atoms with Crippen LogP contribution in [0.2, 0.25) is 0 Å². The first-order valence-electron chi connectivity index (χ1n) is 5.81. The van der Waals surface area contributed by atoms with Gasteiger partial charge in [-0.2, -0.15) is 12.6 Å². The molecule has 0 spiro atoms. The highest BCUT2D eigenvalue weighted by Crippen LogP contribution is 2.42. The van der Waals surface area contributed by atoms with Gasteiger partial charge in [0.25, 0.3) is 0 Å². The summed E-state index contributed by atoms with van der Waals surface area (Å²) in [5, 5.41) is 0. The lowest BCUT2D eigenvalue weighted by atomic mass is 9.78. The van der Waals surface area contributed by atoms with Crippen molar-refractivity contribution >= 4 is 12.6 Å². The molecule has 0 aromatic heterocycles. The minimum Gasteiger partial charge on any atom is -0.179 e. The number of thiol groups is 1. The summed E-state index contributed by atoms with van der Waals surface area (Å²) in [6, 6.07) is 0. The van der Waals surface area contributed by atoms with Crippen LogP contribution in [-0.2, 0) is 0 Å². The number of hydrogen-bond acceptors (Lipinski definition) is 1. The molecule has 1 aliphatic carbocycles. The smallest absolute Gasteiger partial charge is 0.00694 e. The zero-order chi connectivity index (χ0) is 9.84. The Bertz CT molecular complexity index is 128. The maximum Gasteiger partial charge on any atom is -0.00694 e. The highest BCUT2D eigenvalue weighted by Gasteiger charge is 2.33. The summed E-state index contributed by atoms with van der Waals surface area (Å²) in [5.41, 5.74) is 0. The number of hydrogen-bond donors (Lipinski definition) is 1. The Morgan fingerprint density at radius 1 is 1.15 bits per heavy atom. The lowest BCUT2D eigenvalue weighted by Gasteiger charge is -2.29. The summed E-state index contributed by atoms with van der Waals surface area (Å²) in [4.78, 5) is 0. The molecular weight excluding hydrogens is 176 g/mol. The third-order valence-electron chi connectivity index (χ3n) is 4.02. The van der Waals surface area contributed by atoms with Crippen molar-refractivity contribution in [3.8, 4) is 0 Å². The van der Waals surface area contributed by atoms with Gasteiger partial charge in [-0.05, 0) is 42.3 Å². The highest BCUT2D eigenvalue weighted by atomic mass is 32.1. The van der Waals surface area contributed by atoms with E-state index in [0.29, 0.717) is 0 Å². The standard InChI is InChI=1S/C12H24S/c1-4-9(2)11-6-5-7-12(11)10(3)8-13/h9-13H,4-8H2,1-3H3. The minimum atomic E-state index is 0.824. The average molecular weight is 200 g/mol. The van der Waals surface area contributed by atoms with Crippen LogP contribution in [0.5, 0.6) is 0 Å². The molecule has 0 radical (unpaired) electrons. The van der Waals surface area contributed by atoms with E-state index in [9.17, 15) is 0 Å². The zero-order valence-corrected chi connectivity index (χ0v) is 10.2. The van der Waals surface area contributed by atoms with Crippen LogP contribution in [0.15, 0.2) is 0 Å². The molecule has 0 aromatic carbocycles. The SMILES string of the molecule is CCC(C)C1CCCC1C(C)CS.